The van der Waals surface area contributed by atoms with E-state index in [1.807, 2.05) is 0 Å². The van der Waals surface area contributed by atoms with Gasteiger partial charge in [-0.2, -0.15) is 0 Å². The van der Waals surface area contributed by atoms with Gasteiger partial charge >= 0.3 is 0 Å². The summed E-state index contributed by atoms with van der Waals surface area (Å²) in [6.07, 6.45) is 6.94. The van der Waals surface area contributed by atoms with E-state index in [1.54, 1.807) is 0 Å². The second kappa shape index (κ2) is 7.70. The van der Waals surface area contributed by atoms with Gasteiger partial charge in [-0.3, -0.25) is 4.79 Å². The van der Waals surface area contributed by atoms with Crippen molar-refractivity contribution in [2.45, 2.75) is 52.4 Å². The summed E-state index contributed by atoms with van der Waals surface area (Å²) in [6.45, 7) is 5.76. The van der Waals surface area contributed by atoms with Crippen LogP contribution in [0.5, 0.6) is 0 Å². The standard InChI is InChI=1S/C14H28N2O/c1-3-11(4-2)14(17)16-10-13-8-6-5-7-12(13)9-15/h11-13H,3-10,15H2,1-2H3,(H,16,17). The van der Waals surface area contributed by atoms with Crippen molar-refractivity contribution in [3.05, 3.63) is 0 Å². The van der Waals surface area contributed by atoms with Crippen molar-refractivity contribution < 1.29 is 4.79 Å². The van der Waals surface area contributed by atoms with Gasteiger partial charge in [0.2, 0.25) is 5.91 Å². The SMILES string of the molecule is CCC(CC)C(=O)NCC1CCCCC1CN. The minimum atomic E-state index is 0.190. The Labute approximate surface area is 106 Å². The summed E-state index contributed by atoms with van der Waals surface area (Å²) in [5.41, 5.74) is 5.80. The summed E-state index contributed by atoms with van der Waals surface area (Å²) in [7, 11) is 0. The van der Waals surface area contributed by atoms with Crippen molar-refractivity contribution in [1.29, 1.82) is 0 Å². The monoisotopic (exact) mass is 240 g/mol. The van der Waals surface area contributed by atoms with Crippen LogP contribution in [0.25, 0.3) is 0 Å². The van der Waals surface area contributed by atoms with Gasteiger partial charge in [0.05, 0.1) is 0 Å². The number of rotatable bonds is 6. The molecule has 2 unspecified atom stereocenters. The average molecular weight is 240 g/mol. The Kier molecular flexibility index (Phi) is 6.56. The molecule has 100 valence electrons. The zero-order chi connectivity index (χ0) is 12.7. The molecule has 1 fully saturated rings. The average Bonchev–Trinajstić information content (AvgIpc) is 2.38. The van der Waals surface area contributed by atoms with Crippen LogP contribution in [0.2, 0.25) is 0 Å². The van der Waals surface area contributed by atoms with E-state index in [0.717, 1.165) is 25.9 Å². The molecule has 0 aliphatic heterocycles. The molecule has 17 heavy (non-hydrogen) atoms. The second-order valence-electron chi connectivity index (χ2n) is 5.30. The molecule has 1 aliphatic carbocycles. The number of carbonyl (C=O) groups is 1. The molecule has 0 heterocycles. The summed E-state index contributed by atoms with van der Waals surface area (Å²) in [5.74, 6) is 1.64. The van der Waals surface area contributed by atoms with Crippen LogP contribution in [0.15, 0.2) is 0 Å². The first-order chi connectivity index (χ1) is 8.22. The van der Waals surface area contributed by atoms with Crippen molar-refractivity contribution in [2.24, 2.45) is 23.5 Å². The van der Waals surface area contributed by atoms with Crippen LogP contribution >= 0.6 is 0 Å². The van der Waals surface area contributed by atoms with E-state index in [0.29, 0.717) is 11.8 Å². The van der Waals surface area contributed by atoms with E-state index >= 15 is 0 Å². The Balaban J connectivity index is 2.35. The molecule has 3 nitrogen and oxygen atoms in total. The van der Waals surface area contributed by atoms with Gasteiger partial charge in [-0.05, 0) is 44.1 Å². The molecule has 0 aromatic carbocycles. The smallest absolute Gasteiger partial charge is 0.223 e. The predicted molar refractivity (Wildman–Crippen MR) is 71.6 cm³/mol. The van der Waals surface area contributed by atoms with E-state index in [9.17, 15) is 4.79 Å². The van der Waals surface area contributed by atoms with Crippen molar-refractivity contribution in [1.82, 2.24) is 5.32 Å². The summed E-state index contributed by atoms with van der Waals surface area (Å²) in [4.78, 5) is 11.9. The third kappa shape index (κ3) is 4.30. The molecule has 3 heteroatoms. The molecule has 1 saturated carbocycles. The van der Waals surface area contributed by atoms with Crippen molar-refractivity contribution in [3.63, 3.8) is 0 Å². The van der Waals surface area contributed by atoms with Gasteiger partial charge in [-0.25, -0.2) is 0 Å². The molecule has 0 bridgehead atoms. The molecule has 2 atom stereocenters. The highest BCUT2D eigenvalue weighted by Gasteiger charge is 2.25. The lowest BCUT2D eigenvalue weighted by Crippen LogP contribution is -2.39. The maximum absolute atomic E-state index is 11.9. The summed E-state index contributed by atoms with van der Waals surface area (Å²) in [5, 5.41) is 3.12. The minimum Gasteiger partial charge on any atom is -0.356 e. The van der Waals surface area contributed by atoms with Gasteiger partial charge in [0.15, 0.2) is 0 Å². The van der Waals surface area contributed by atoms with Crippen molar-refractivity contribution in [2.75, 3.05) is 13.1 Å². The first-order valence-electron chi connectivity index (χ1n) is 7.20. The molecule has 0 aromatic rings. The highest BCUT2D eigenvalue weighted by molar-refractivity contribution is 5.78. The normalized spacial score (nSPS) is 24.9. The van der Waals surface area contributed by atoms with Gasteiger partial charge < -0.3 is 11.1 Å². The maximum atomic E-state index is 11.9. The Morgan fingerprint density at radius 2 is 1.82 bits per heavy atom. The summed E-state index contributed by atoms with van der Waals surface area (Å²) >= 11 is 0. The van der Waals surface area contributed by atoms with Crippen LogP contribution in [0.3, 0.4) is 0 Å². The second-order valence-corrected chi connectivity index (χ2v) is 5.30. The maximum Gasteiger partial charge on any atom is 0.223 e. The van der Waals surface area contributed by atoms with E-state index in [4.69, 9.17) is 5.73 Å². The number of hydrogen-bond acceptors (Lipinski definition) is 2. The number of hydrogen-bond donors (Lipinski definition) is 2. The van der Waals surface area contributed by atoms with Gasteiger partial charge in [0.1, 0.15) is 0 Å². The molecular weight excluding hydrogens is 212 g/mol. The zero-order valence-electron chi connectivity index (χ0n) is 11.4. The highest BCUT2D eigenvalue weighted by Crippen LogP contribution is 2.28. The fraction of sp³-hybridized carbons (Fsp3) is 0.929. The number of nitrogens with one attached hydrogen (secondary N) is 1. The van der Waals surface area contributed by atoms with Gasteiger partial charge in [0, 0.05) is 12.5 Å². The Morgan fingerprint density at radius 1 is 1.24 bits per heavy atom. The van der Waals surface area contributed by atoms with Crippen molar-refractivity contribution >= 4 is 5.91 Å². The first kappa shape index (κ1) is 14.5. The predicted octanol–water partition coefficient (Wildman–Crippen LogP) is 2.30. The third-order valence-electron chi connectivity index (χ3n) is 4.26. The molecule has 0 radical (unpaired) electrons. The molecule has 1 aliphatic rings. The van der Waals surface area contributed by atoms with Crippen LogP contribution < -0.4 is 11.1 Å². The van der Waals surface area contributed by atoms with Crippen LogP contribution in [-0.2, 0) is 4.79 Å². The van der Waals surface area contributed by atoms with Crippen LogP contribution in [-0.4, -0.2) is 19.0 Å². The molecule has 0 spiro atoms. The fourth-order valence-corrected chi connectivity index (χ4v) is 2.90. The topological polar surface area (TPSA) is 55.1 Å². The fourth-order valence-electron chi connectivity index (χ4n) is 2.90. The lowest BCUT2D eigenvalue weighted by Gasteiger charge is -2.31. The van der Waals surface area contributed by atoms with E-state index in [-0.39, 0.29) is 11.8 Å². The van der Waals surface area contributed by atoms with Crippen LogP contribution in [0.1, 0.15) is 52.4 Å². The van der Waals surface area contributed by atoms with E-state index in [2.05, 4.69) is 19.2 Å². The van der Waals surface area contributed by atoms with Gasteiger partial charge in [-0.1, -0.05) is 26.7 Å². The minimum absolute atomic E-state index is 0.190. The van der Waals surface area contributed by atoms with Crippen LogP contribution in [0, 0.1) is 17.8 Å². The largest absolute Gasteiger partial charge is 0.356 e. The first-order valence-corrected chi connectivity index (χ1v) is 7.20. The lowest BCUT2D eigenvalue weighted by atomic mass is 9.79. The van der Waals surface area contributed by atoms with Gasteiger partial charge in [0.25, 0.3) is 0 Å². The highest BCUT2D eigenvalue weighted by atomic mass is 16.1. The van der Waals surface area contributed by atoms with Crippen LogP contribution in [0.4, 0.5) is 0 Å². The molecular formula is C14H28N2O. The molecule has 0 aromatic heterocycles. The number of amides is 1. The number of nitrogens with two attached hydrogens (primary N) is 1. The lowest BCUT2D eigenvalue weighted by molar-refractivity contribution is -0.125. The Morgan fingerprint density at radius 3 is 2.35 bits per heavy atom. The quantitative estimate of drug-likeness (QED) is 0.748. The molecule has 1 rings (SSSR count). The summed E-state index contributed by atoms with van der Waals surface area (Å²) in [6, 6.07) is 0. The van der Waals surface area contributed by atoms with E-state index in [1.165, 1.54) is 25.7 Å². The molecule has 0 saturated heterocycles. The summed E-state index contributed by atoms with van der Waals surface area (Å²) < 4.78 is 0. The van der Waals surface area contributed by atoms with E-state index < -0.39 is 0 Å². The molecule has 1 amide bonds. The Bertz CT molecular complexity index is 226. The van der Waals surface area contributed by atoms with Crippen molar-refractivity contribution in [3.8, 4) is 0 Å². The Hall–Kier alpha value is -0.570. The van der Waals surface area contributed by atoms with Gasteiger partial charge in [-0.15, -0.1) is 0 Å². The zero-order valence-corrected chi connectivity index (χ0v) is 11.4. The number of carbonyl (C=O) groups excluding carboxylic acids is 1. The molecule has 3 N–H and O–H groups in total. The third-order valence-corrected chi connectivity index (χ3v) is 4.26.